The van der Waals surface area contributed by atoms with Crippen molar-refractivity contribution in [1.82, 2.24) is 9.80 Å². The first kappa shape index (κ1) is 26.2. The average Bonchev–Trinajstić information content (AvgIpc) is 3.82. The van der Waals surface area contributed by atoms with E-state index >= 15 is 0 Å². The Balaban J connectivity index is 1.32. The highest BCUT2D eigenvalue weighted by Crippen LogP contribution is 2.48. The van der Waals surface area contributed by atoms with Gasteiger partial charge in [-0.15, -0.1) is 0 Å². The Bertz CT molecular complexity index is 1430. The number of fused-ring (bicyclic) bond motifs is 1. The van der Waals surface area contributed by atoms with Crippen LogP contribution in [-0.2, 0) is 11.0 Å². The lowest BCUT2D eigenvalue weighted by Crippen LogP contribution is -2.53. The molecule has 2 heterocycles. The van der Waals surface area contributed by atoms with Gasteiger partial charge in [0.25, 0.3) is 5.91 Å². The number of carbonyl (C=O) groups excluding carboxylic acids is 2. The van der Waals surface area contributed by atoms with Crippen molar-refractivity contribution in [1.29, 1.82) is 0 Å². The summed E-state index contributed by atoms with van der Waals surface area (Å²) in [4.78, 5) is 33.7. The minimum Gasteiger partial charge on any atom is -0.497 e. The molecule has 1 saturated carbocycles. The van der Waals surface area contributed by atoms with Crippen molar-refractivity contribution in [3.8, 4) is 5.75 Å². The van der Waals surface area contributed by atoms with Crippen molar-refractivity contribution in [3.05, 3.63) is 95.1 Å². The summed E-state index contributed by atoms with van der Waals surface area (Å²) in [5.74, 6) is -0.103. The molecule has 9 heteroatoms. The standard InChI is InChI=1S/C31H30F3N3O3/c1-40-24-9-4-6-20(18-24)28-27(25-10-2-3-11-26(25)29(38)37(28)22-12-13-22)30(39)36-16-14-35(15-17-36)23-8-5-7-21(19-23)31(32,33)34/h2-11,18-19,22,27-28H,12-17H2,1H3/t27-,28+/m0/s1. The van der Waals surface area contributed by atoms with Gasteiger partial charge in [0.15, 0.2) is 0 Å². The molecule has 2 aliphatic heterocycles. The molecule has 3 aromatic rings. The predicted molar refractivity (Wildman–Crippen MR) is 144 cm³/mol. The third kappa shape index (κ3) is 4.78. The van der Waals surface area contributed by atoms with Crippen molar-refractivity contribution in [2.75, 3.05) is 38.2 Å². The van der Waals surface area contributed by atoms with Crippen LogP contribution in [0.1, 0.15) is 51.8 Å². The summed E-state index contributed by atoms with van der Waals surface area (Å²) in [6.45, 7) is 1.57. The number of piperazine rings is 1. The van der Waals surface area contributed by atoms with E-state index in [9.17, 15) is 22.8 Å². The number of hydrogen-bond donors (Lipinski definition) is 0. The van der Waals surface area contributed by atoms with Gasteiger partial charge in [-0.2, -0.15) is 13.2 Å². The zero-order valence-corrected chi connectivity index (χ0v) is 22.1. The topological polar surface area (TPSA) is 53.1 Å². The van der Waals surface area contributed by atoms with E-state index in [1.165, 1.54) is 6.07 Å². The van der Waals surface area contributed by atoms with E-state index in [-0.39, 0.29) is 17.9 Å². The fourth-order valence-electron chi connectivity index (χ4n) is 6.01. The summed E-state index contributed by atoms with van der Waals surface area (Å²) in [7, 11) is 1.59. The number of methoxy groups -OCH3 is 1. The number of carbonyl (C=O) groups is 2. The molecule has 2 fully saturated rings. The first-order valence-corrected chi connectivity index (χ1v) is 13.5. The summed E-state index contributed by atoms with van der Waals surface area (Å²) >= 11 is 0. The number of amides is 2. The van der Waals surface area contributed by atoms with Crippen molar-refractivity contribution in [2.24, 2.45) is 0 Å². The Kier molecular flexibility index (Phi) is 6.68. The second-order valence-electron chi connectivity index (χ2n) is 10.6. The molecule has 1 saturated heterocycles. The van der Waals surface area contributed by atoms with Crippen molar-refractivity contribution in [3.63, 3.8) is 0 Å². The van der Waals surface area contributed by atoms with Gasteiger partial charge in [0.2, 0.25) is 5.91 Å². The maximum absolute atomic E-state index is 14.4. The molecule has 0 radical (unpaired) electrons. The Hall–Kier alpha value is -4.01. The summed E-state index contributed by atoms with van der Waals surface area (Å²) in [5.41, 5.74) is 1.91. The highest BCUT2D eigenvalue weighted by atomic mass is 19.4. The van der Waals surface area contributed by atoms with Crippen LogP contribution in [0.15, 0.2) is 72.8 Å². The van der Waals surface area contributed by atoms with Gasteiger partial charge in [0, 0.05) is 43.5 Å². The van der Waals surface area contributed by atoms with Gasteiger partial charge >= 0.3 is 6.18 Å². The number of benzene rings is 3. The average molecular weight is 550 g/mol. The molecule has 0 spiro atoms. The molecule has 6 nitrogen and oxygen atoms in total. The zero-order chi connectivity index (χ0) is 28.0. The Morgan fingerprint density at radius 1 is 0.900 bits per heavy atom. The second-order valence-corrected chi connectivity index (χ2v) is 10.6. The number of anilines is 1. The molecule has 0 N–H and O–H groups in total. The quantitative estimate of drug-likeness (QED) is 0.422. The molecular weight excluding hydrogens is 519 g/mol. The van der Waals surface area contributed by atoms with Gasteiger partial charge < -0.3 is 19.4 Å². The smallest absolute Gasteiger partial charge is 0.416 e. The van der Waals surface area contributed by atoms with E-state index in [0.29, 0.717) is 48.7 Å². The van der Waals surface area contributed by atoms with Crippen molar-refractivity contribution < 1.29 is 27.5 Å². The maximum Gasteiger partial charge on any atom is 0.416 e. The molecule has 2 atom stereocenters. The number of halogens is 3. The lowest BCUT2D eigenvalue weighted by atomic mass is 9.78. The summed E-state index contributed by atoms with van der Waals surface area (Å²) in [6.07, 6.45) is -2.63. The Morgan fingerprint density at radius 3 is 2.33 bits per heavy atom. The summed E-state index contributed by atoms with van der Waals surface area (Å²) < 4.78 is 45.3. The molecule has 0 unspecified atom stereocenters. The fraction of sp³-hybridized carbons (Fsp3) is 0.355. The van der Waals surface area contributed by atoms with Crippen LogP contribution in [0.5, 0.6) is 5.75 Å². The predicted octanol–water partition coefficient (Wildman–Crippen LogP) is 5.51. The summed E-state index contributed by atoms with van der Waals surface area (Å²) in [6, 6.07) is 19.8. The third-order valence-electron chi connectivity index (χ3n) is 8.15. The Labute approximate surface area is 230 Å². The monoisotopic (exact) mass is 549 g/mol. The number of rotatable bonds is 5. The molecule has 40 heavy (non-hydrogen) atoms. The third-order valence-corrected chi connectivity index (χ3v) is 8.15. The molecule has 3 aliphatic rings. The van der Waals surface area contributed by atoms with Gasteiger partial charge in [-0.1, -0.05) is 36.4 Å². The van der Waals surface area contributed by atoms with Gasteiger partial charge in [-0.05, 0) is 60.4 Å². The van der Waals surface area contributed by atoms with E-state index in [1.54, 1.807) is 24.1 Å². The largest absolute Gasteiger partial charge is 0.497 e. The minimum absolute atomic E-state index is 0.0654. The first-order valence-electron chi connectivity index (χ1n) is 13.5. The second kappa shape index (κ2) is 10.2. The molecule has 3 aromatic carbocycles. The van der Waals surface area contributed by atoms with Gasteiger partial charge in [-0.25, -0.2) is 0 Å². The molecule has 2 amide bonds. The van der Waals surface area contributed by atoms with Crippen LogP contribution in [0.3, 0.4) is 0 Å². The van der Waals surface area contributed by atoms with Crippen LogP contribution in [0.4, 0.5) is 18.9 Å². The molecular formula is C31H30F3N3O3. The first-order chi connectivity index (χ1) is 19.3. The van der Waals surface area contributed by atoms with Crippen molar-refractivity contribution in [2.45, 2.75) is 37.0 Å². The van der Waals surface area contributed by atoms with Crippen LogP contribution in [0.25, 0.3) is 0 Å². The molecule has 0 aromatic heterocycles. The van der Waals surface area contributed by atoms with E-state index < -0.39 is 23.7 Å². The highest BCUT2D eigenvalue weighted by Gasteiger charge is 2.50. The normalized spacial score (nSPS) is 21.3. The number of alkyl halides is 3. The van der Waals surface area contributed by atoms with Crippen LogP contribution < -0.4 is 9.64 Å². The number of nitrogens with zero attached hydrogens (tertiary/aromatic N) is 3. The van der Waals surface area contributed by atoms with E-state index in [4.69, 9.17) is 4.74 Å². The van der Waals surface area contributed by atoms with E-state index in [0.717, 1.165) is 30.5 Å². The number of ether oxygens (including phenoxy) is 1. The van der Waals surface area contributed by atoms with Crippen LogP contribution in [-0.4, -0.2) is 60.9 Å². The molecule has 1 aliphatic carbocycles. The molecule has 208 valence electrons. The maximum atomic E-state index is 14.4. The highest BCUT2D eigenvalue weighted by molar-refractivity contribution is 6.01. The molecule has 0 bridgehead atoms. The van der Waals surface area contributed by atoms with Gasteiger partial charge in [0.05, 0.1) is 24.6 Å². The van der Waals surface area contributed by atoms with Crippen LogP contribution in [0, 0.1) is 0 Å². The van der Waals surface area contributed by atoms with Crippen LogP contribution in [0.2, 0.25) is 0 Å². The Morgan fingerprint density at radius 2 is 1.62 bits per heavy atom. The van der Waals surface area contributed by atoms with Crippen LogP contribution >= 0.6 is 0 Å². The molecule has 6 rings (SSSR count). The van der Waals surface area contributed by atoms with Gasteiger partial charge in [0.1, 0.15) is 5.75 Å². The van der Waals surface area contributed by atoms with E-state index in [2.05, 4.69) is 0 Å². The number of hydrogen-bond acceptors (Lipinski definition) is 4. The fourth-order valence-corrected chi connectivity index (χ4v) is 6.01. The van der Waals surface area contributed by atoms with Crippen molar-refractivity contribution >= 4 is 17.5 Å². The summed E-state index contributed by atoms with van der Waals surface area (Å²) in [5, 5.41) is 0. The minimum atomic E-state index is -4.41. The van der Waals surface area contributed by atoms with E-state index in [1.807, 2.05) is 52.3 Å². The van der Waals surface area contributed by atoms with Gasteiger partial charge in [-0.3, -0.25) is 9.59 Å². The lowest BCUT2D eigenvalue weighted by Gasteiger charge is -2.45. The SMILES string of the molecule is COc1cccc([C@@H]2[C@@H](C(=O)N3CCN(c4cccc(C(F)(F)F)c4)CC3)c3ccccc3C(=O)N2C2CC2)c1. The lowest BCUT2D eigenvalue weighted by molar-refractivity contribution is -0.137. The zero-order valence-electron chi connectivity index (χ0n) is 22.1.